The summed E-state index contributed by atoms with van der Waals surface area (Å²) in [7, 11) is 0. The van der Waals surface area contributed by atoms with Crippen LogP contribution in [-0.2, 0) is 11.2 Å². The first-order chi connectivity index (χ1) is 14.1. The second kappa shape index (κ2) is 8.64. The Hall–Kier alpha value is -2.89. The fraction of sp³-hybridized carbons (Fsp3) is 0.391. The molecule has 0 atom stereocenters. The van der Waals surface area contributed by atoms with Crippen LogP contribution in [0, 0.1) is 11.7 Å². The molecule has 0 unspecified atom stereocenters. The second-order valence-electron chi connectivity index (χ2n) is 7.85. The first-order valence-electron chi connectivity index (χ1n) is 10.2. The summed E-state index contributed by atoms with van der Waals surface area (Å²) < 4.78 is 13.1. The summed E-state index contributed by atoms with van der Waals surface area (Å²) in [5.74, 6) is 0.282. The van der Waals surface area contributed by atoms with Crippen LogP contribution in [0.2, 0.25) is 0 Å². The first kappa shape index (κ1) is 19.4. The molecule has 152 valence electrons. The zero-order valence-corrected chi connectivity index (χ0v) is 16.5. The second-order valence-corrected chi connectivity index (χ2v) is 7.85. The lowest BCUT2D eigenvalue weighted by Crippen LogP contribution is -2.45. The fourth-order valence-electron chi connectivity index (χ4n) is 4.19. The van der Waals surface area contributed by atoms with E-state index in [0.717, 1.165) is 32.4 Å². The van der Waals surface area contributed by atoms with E-state index in [1.807, 2.05) is 11.0 Å². The molecule has 0 aliphatic carbocycles. The van der Waals surface area contributed by atoms with Crippen molar-refractivity contribution in [3.63, 3.8) is 0 Å². The summed E-state index contributed by atoms with van der Waals surface area (Å²) in [5.41, 5.74) is 2.01. The van der Waals surface area contributed by atoms with E-state index in [2.05, 4.69) is 24.3 Å². The van der Waals surface area contributed by atoms with Crippen molar-refractivity contribution in [2.24, 2.45) is 5.92 Å². The van der Waals surface area contributed by atoms with Crippen LogP contribution in [0.4, 0.5) is 14.9 Å². The van der Waals surface area contributed by atoms with Crippen molar-refractivity contribution in [3.05, 3.63) is 66.0 Å². The van der Waals surface area contributed by atoms with E-state index in [9.17, 15) is 14.0 Å². The van der Waals surface area contributed by atoms with Gasteiger partial charge in [0.2, 0.25) is 5.91 Å². The van der Waals surface area contributed by atoms with Gasteiger partial charge in [-0.25, -0.2) is 9.18 Å². The van der Waals surface area contributed by atoms with Crippen molar-refractivity contribution < 1.29 is 14.0 Å². The van der Waals surface area contributed by atoms with E-state index in [1.165, 1.54) is 17.7 Å². The SMILES string of the molecule is O=C(CN1CCN(c2ccc(F)cc2)C1=O)N1CCC(Cc2ccccc2)CC1. The molecule has 0 aromatic heterocycles. The molecule has 2 saturated heterocycles. The molecule has 2 fully saturated rings. The van der Waals surface area contributed by atoms with Gasteiger partial charge < -0.3 is 9.80 Å². The minimum absolute atomic E-state index is 0.0115. The number of urea groups is 1. The Labute approximate surface area is 170 Å². The summed E-state index contributed by atoms with van der Waals surface area (Å²) in [6, 6.07) is 16.2. The molecule has 2 aromatic carbocycles. The van der Waals surface area contributed by atoms with Crippen LogP contribution in [-0.4, -0.2) is 54.5 Å². The Kier molecular flexibility index (Phi) is 5.79. The van der Waals surface area contributed by atoms with Crippen molar-refractivity contribution in [1.82, 2.24) is 9.80 Å². The van der Waals surface area contributed by atoms with E-state index in [4.69, 9.17) is 0 Å². The molecular formula is C23H26FN3O2. The van der Waals surface area contributed by atoms with Gasteiger partial charge in [-0.05, 0) is 55.0 Å². The van der Waals surface area contributed by atoms with Crippen molar-refractivity contribution in [2.75, 3.05) is 37.6 Å². The third kappa shape index (κ3) is 4.58. The molecular weight excluding hydrogens is 369 g/mol. The van der Waals surface area contributed by atoms with Gasteiger partial charge in [0.1, 0.15) is 12.4 Å². The molecule has 5 nitrogen and oxygen atoms in total. The molecule has 0 spiro atoms. The smallest absolute Gasteiger partial charge is 0.325 e. The Morgan fingerprint density at radius 3 is 2.31 bits per heavy atom. The van der Waals surface area contributed by atoms with E-state index in [0.29, 0.717) is 24.7 Å². The number of amides is 3. The average molecular weight is 395 g/mol. The maximum absolute atomic E-state index is 13.1. The highest BCUT2D eigenvalue weighted by Crippen LogP contribution is 2.23. The number of piperidine rings is 1. The predicted molar refractivity (Wildman–Crippen MR) is 110 cm³/mol. The molecule has 29 heavy (non-hydrogen) atoms. The molecule has 2 heterocycles. The van der Waals surface area contributed by atoms with Gasteiger partial charge in [-0.2, -0.15) is 0 Å². The summed E-state index contributed by atoms with van der Waals surface area (Å²) in [5, 5.41) is 0. The van der Waals surface area contributed by atoms with Gasteiger partial charge in [-0.1, -0.05) is 30.3 Å². The molecule has 6 heteroatoms. The number of nitrogens with zero attached hydrogens (tertiary/aromatic N) is 3. The van der Waals surface area contributed by atoms with Crippen LogP contribution in [0.1, 0.15) is 18.4 Å². The van der Waals surface area contributed by atoms with E-state index in [-0.39, 0.29) is 24.3 Å². The first-order valence-corrected chi connectivity index (χ1v) is 10.2. The predicted octanol–water partition coefficient (Wildman–Crippen LogP) is 3.55. The molecule has 0 saturated carbocycles. The number of hydrogen-bond donors (Lipinski definition) is 0. The molecule has 2 aliphatic heterocycles. The minimum Gasteiger partial charge on any atom is -0.341 e. The average Bonchev–Trinajstić information content (AvgIpc) is 3.10. The Bertz CT molecular complexity index is 848. The lowest BCUT2D eigenvalue weighted by molar-refractivity contribution is -0.133. The standard InChI is InChI=1S/C23H26FN3O2/c24-20-6-8-21(9-7-20)27-15-14-26(23(27)29)17-22(28)25-12-10-19(11-13-25)16-18-4-2-1-3-5-18/h1-9,19H,10-17H2. The quantitative estimate of drug-likeness (QED) is 0.777. The summed E-state index contributed by atoms with van der Waals surface area (Å²) in [4.78, 5) is 30.4. The largest absolute Gasteiger partial charge is 0.341 e. The third-order valence-corrected chi connectivity index (χ3v) is 5.89. The monoisotopic (exact) mass is 395 g/mol. The summed E-state index contributed by atoms with van der Waals surface area (Å²) >= 11 is 0. The van der Waals surface area contributed by atoms with Crippen LogP contribution in [0.5, 0.6) is 0 Å². The lowest BCUT2D eigenvalue weighted by Gasteiger charge is -2.33. The van der Waals surface area contributed by atoms with Crippen LogP contribution >= 0.6 is 0 Å². The van der Waals surface area contributed by atoms with E-state index in [1.54, 1.807) is 21.9 Å². The van der Waals surface area contributed by atoms with Gasteiger partial charge in [0, 0.05) is 31.9 Å². The van der Waals surface area contributed by atoms with Crippen molar-refractivity contribution >= 4 is 17.6 Å². The fourth-order valence-corrected chi connectivity index (χ4v) is 4.19. The van der Waals surface area contributed by atoms with Gasteiger partial charge in [-0.15, -0.1) is 0 Å². The number of benzene rings is 2. The highest BCUT2D eigenvalue weighted by molar-refractivity contribution is 5.96. The maximum atomic E-state index is 13.1. The van der Waals surface area contributed by atoms with Crippen molar-refractivity contribution in [2.45, 2.75) is 19.3 Å². The van der Waals surface area contributed by atoms with E-state index >= 15 is 0 Å². The topological polar surface area (TPSA) is 43.9 Å². The van der Waals surface area contributed by atoms with E-state index < -0.39 is 0 Å². The Morgan fingerprint density at radius 2 is 1.62 bits per heavy atom. The molecule has 2 aromatic rings. The number of carbonyl (C=O) groups is 2. The highest BCUT2D eigenvalue weighted by Gasteiger charge is 2.32. The van der Waals surface area contributed by atoms with Gasteiger partial charge in [0.05, 0.1) is 0 Å². The van der Waals surface area contributed by atoms with Gasteiger partial charge in [0.15, 0.2) is 0 Å². The minimum atomic E-state index is -0.330. The van der Waals surface area contributed by atoms with Gasteiger partial charge >= 0.3 is 6.03 Å². The maximum Gasteiger partial charge on any atom is 0.325 e. The number of hydrogen-bond acceptors (Lipinski definition) is 2. The Balaban J connectivity index is 1.27. The molecule has 3 amide bonds. The van der Waals surface area contributed by atoms with Gasteiger partial charge in [0.25, 0.3) is 0 Å². The van der Waals surface area contributed by atoms with Crippen LogP contribution in [0.25, 0.3) is 0 Å². The molecule has 0 N–H and O–H groups in total. The Morgan fingerprint density at radius 1 is 0.931 bits per heavy atom. The number of likely N-dealkylation sites (tertiary alicyclic amines) is 1. The van der Waals surface area contributed by atoms with Crippen molar-refractivity contribution in [1.29, 1.82) is 0 Å². The molecule has 2 aliphatic rings. The number of carbonyl (C=O) groups excluding carboxylic acids is 2. The van der Waals surface area contributed by atoms with Crippen LogP contribution in [0.3, 0.4) is 0 Å². The van der Waals surface area contributed by atoms with Gasteiger partial charge in [-0.3, -0.25) is 9.69 Å². The molecule has 0 bridgehead atoms. The van der Waals surface area contributed by atoms with Crippen LogP contribution < -0.4 is 4.90 Å². The van der Waals surface area contributed by atoms with Crippen LogP contribution in [0.15, 0.2) is 54.6 Å². The lowest BCUT2D eigenvalue weighted by atomic mass is 9.90. The summed E-state index contributed by atoms with van der Waals surface area (Å²) in [6.45, 7) is 2.63. The normalized spacial score (nSPS) is 17.8. The zero-order valence-electron chi connectivity index (χ0n) is 16.5. The van der Waals surface area contributed by atoms with Crippen molar-refractivity contribution in [3.8, 4) is 0 Å². The molecule has 4 rings (SSSR count). The zero-order chi connectivity index (χ0) is 20.2. The number of rotatable bonds is 5. The number of anilines is 1. The summed E-state index contributed by atoms with van der Waals surface area (Å²) in [6.07, 6.45) is 3.05. The highest BCUT2D eigenvalue weighted by atomic mass is 19.1. The third-order valence-electron chi connectivity index (χ3n) is 5.89. The number of halogens is 1. The molecule has 0 radical (unpaired) electrons.